The average molecular weight is 373 g/mol. The summed E-state index contributed by atoms with van der Waals surface area (Å²) >= 11 is 6.10. The lowest BCUT2D eigenvalue weighted by atomic mass is 10.1. The van der Waals surface area contributed by atoms with Crippen LogP contribution >= 0.6 is 11.6 Å². The van der Waals surface area contributed by atoms with E-state index in [1.54, 1.807) is 18.2 Å². The largest absolute Gasteiger partial charge is 0.423 e. The van der Waals surface area contributed by atoms with Crippen molar-refractivity contribution in [2.75, 3.05) is 31.1 Å². The van der Waals surface area contributed by atoms with Crippen LogP contribution in [0.1, 0.15) is 5.56 Å². The number of hydrogen-bond acceptors (Lipinski definition) is 4. The van der Waals surface area contributed by atoms with Gasteiger partial charge in [-0.15, -0.1) is 0 Å². The number of benzene rings is 2. The van der Waals surface area contributed by atoms with Crippen molar-refractivity contribution in [2.45, 2.75) is 6.54 Å². The number of halogens is 2. The average Bonchev–Trinajstić information content (AvgIpc) is 2.64. The topological polar surface area (TPSA) is 36.7 Å². The predicted molar refractivity (Wildman–Crippen MR) is 101 cm³/mol. The molecule has 4 nitrogen and oxygen atoms in total. The Bertz CT molecular complexity index is 979. The fourth-order valence-corrected chi connectivity index (χ4v) is 3.56. The van der Waals surface area contributed by atoms with Gasteiger partial charge in [0, 0.05) is 54.9 Å². The van der Waals surface area contributed by atoms with Crippen LogP contribution in [0, 0.1) is 5.82 Å². The molecule has 2 heterocycles. The van der Waals surface area contributed by atoms with Gasteiger partial charge in [-0.1, -0.05) is 11.6 Å². The number of rotatable bonds is 3. The highest BCUT2D eigenvalue weighted by atomic mass is 35.5. The Morgan fingerprint density at radius 1 is 1.00 bits per heavy atom. The minimum atomic E-state index is -0.347. The van der Waals surface area contributed by atoms with Gasteiger partial charge in [-0.3, -0.25) is 4.90 Å². The highest BCUT2D eigenvalue weighted by molar-refractivity contribution is 6.31. The fraction of sp³-hybridized carbons (Fsp3) is 0.250. The Labute approximate surface area is 155 Å². The quantitative estimate of drug-likeness (QED) is 0.653. The summed E-state index contributed by atoms with van der Waals surface area (Å²) < 4.78 is 18.3. The van der Waals surface area contributed by atoms with Gasteiger partial charge in [0.05, 0.1) is 0 Å². The molecule has 0 atom stereocenters. The van der Waals surface area contributed by atoms with Crippen LogP contribution in [-0.4, -0.2) is 31.1 Å². The van der Waals surface area contributed by atoms with Crippen molar-refractivity contribution in [2.24, 2.45) is 0 Å². The van der Waals surface area contributed by atoms with Crippen LogP contribution in [-0.2, 0) is 6.54 Å². The molecule has 3 aromatic rings. The Kier molecular flexibility index (Phi) is 4.66. The second-order valence-electron chi connectivity index (χ2n) is 6.47. The maximum atomic E-state index is 13.1. The predicted octanol–water partition coefficient (Wildman–Crippen LogP) is 3.91. The maximum absolute atomic E-state index is 13.1. The number of fused-ring (bicyclic) bond motifs is 1. The van der Waals surface area contributed by atoms with E-state index in [-0.39, 0.29) is 11.4 Å². The smallest absolute Gasteiger partial charge is 0.336 e. The molecule has 1 fully saturated rings. The highest BCUT2D eigenvalue weighted by Crippen LogP contribution is 2.24. The summed E-state index contributed by atoms with van der Waals surface area (Å²) in [5.74, 6) is -0.221. The van der Waals surface area contributed by atoms with E-state index in [2.05, 4.69) is 9.80 Å². The van der Waals surface area contributed by atoms with Gasteiger partial charge in [-0.25, -0.2) is 9.18 Å². The monoisotopic (exact) mass is 372 g/mol. The molecule has 6 heteroatoms. The molecule has 1 aliphatic heterocycles. The van der Waals surface area contributed by atoms with Gasteiger partial charge in [0.1, 0.15) is 11.4 Å². The Balaban J connectivity index is 1.49. The summed E-state index contributed by atoms with van der Waals surface area (Å²) in [7, 11) is 0. The summed E-state index contributed by atoms with van der Waals surface area (Å²) in [4.78, 5) is 16.4. The second kappa shape index (κ2) is 7.09. The van der Waals surface area contributed by atoms with Crippen LogP contribution in [0.5, 0.6) is 0 Å². The number of anilines is 1. The molecule has 0 spiro atoms. The van der Waals surface area contributed by atoms with Crippen molar-refractivity contribution >= 4 is 28.3 Å². The molecular formula is C20H18ClFN2O2. The molecule has 0 unspecified atom stereocenters. The lowest BCUT2D eigenvalue weighted by molar-refractivity contribution is 0.250. The third-order valence-corrected chi connectivity index (χ3v) is 4.98. The van der Waals surface area contributed by atoms with Crippen LogP contribution in [0.2, 0.25) is 5.02 Å². The first kappa shape index (κ1) is 17.1. The lowest BCUT2D eigenvalue weighted by Crippen LogP contribution is -2.46. The van der Waals surface area contributed by atoms with Crippen molar-refractivity contribution in [1.82, 2.24) is 4.90 Å². The van der Waals surface area contributed by atoms with Crippen LogP contribution in [0.15, 0.2) is 57.7 Å². The maximum Gasteiger partial charge on any atom is 0.336 e. The molecule has 0 bridgehead atoms. The van der Waals surface area contributed by atoms with E-state index in [4.69, 9.17) is 16.0 Å². The van der Waals surface area contributed by atoms with Gasteiger partial charge < -0.3 is 9.32 Å². The molecule has 0 saturated carbocycles. The van der Waals surface area contributed by atoms with Crippen LogP contribution in [0.25, 0.3) is 11.0 Å². The van der Waals surface area contributed by atoms with E-state index >= 15 is 0 Å². The zero-order valence-corrected chi connectivity index (χ0v) is 14.9. The molecular weight excluding hydrogens is 355 g/mol. The SMILES string of the molecule is O=c1cc(CN2CCN(c3ccc(F)cc3)CC2)c2cc(Cl)ccc2o1. The second-order valence-corrected chi connectivity index (χ2v) is 6.91. The summed E-state index contributed by atoms with van der Waals surface area (Å²) in [5, 5.41) is 1.49. The zero-order valence-electron chi connectivity index (χ0n) is 14.1. The van der Waals surface area contributed by atoms with Gasteiger partial charge in [0.25, 0.3) is 0 Å². The highest BCUT2D eigenvalue weighted by Gasteiger charge is 2.19. The molecule has 4 rings (SSSR count). The fourth-order valence-electron chi connectivity index (χ4n) is 3.39. The van der Waals surface area contributed by atoms with E-state index in [0.29, 0.717) is 17.2 Å². The molecule has 2 aromatic carbocycles. The van der Waals surface area contributed by atoms with Crippen molar-refractivity contribution in [3.8, 4) is 0 Å². The molecule has 26 heavy (non-hydrogen) atoms. The first-order valence-corrected chi connectivity index (χ1v) is 8.91. The van der Waals surface area contributed by atoms with Gasteiger partial charge in [-0.05, 0) is 48.0 Å². The lowest BCUT2D eigenvalue weighted by Gasteiger charge is -2.36. The third kappa shape index (κ3) is 3.59. The molecule has 1 saturated heterocycles. The minimum absolute atomic E-state index is 0.221. The molecule has 0 aliphatic carbocycles. The van der Waals surface area contributed by atoms with E-state index in [9.17, 15) is 9.18 Å². The van der Waals surface area contributed by atoms with Crippen molar-refractivity contribution in [1.29, 1.82) is 0 Å². The Hall–Kier alpha value is -2.37. The standard InChI is InChI=1S/C20H18ClFN2O2/c21-15-1-6-19-18(12-15)14(11-20(25)26-19)13-23-7-9-24(10-8-23)17-4-2-16(22)3-5-17/h1-6,11-12H,7-10,13H2. The van der Waals surface area contributed by atoms with Crippen molar-refractivity contribution < 1.29 is 8.81 Å². The van der Waals surface area contributed by atoms with E-state index in [1.165, 1.54) is 12.1 Å². The number of piperazine rings is 1. The third-order valence-electron chi connectivity index (χ3n) is 4.75. The van der Waals surface area contributed by atoms with Crippen molar-refractivity contribution in [3.05, 3.63) is 75.4 Å². The van der Waals surface area contributed by atoms with Crippen LogP contribution in [0.3, 0.4) is 0 Å². The molecule has 0 amide bonds. The summed E-state index contributed by atoms with van der Waals surface area (Å²) in [5.41, 5.74) is 2.17. The van der Waals surface area contributed by atoms with Gasteiger partial charge in [0.2, 0.25) is 0 Å². The number of hydrogen-bond donors (Lipinski definition) is 0. The molecule has 0 radical (unpaired) electrons. The summed E-state index contributed by atoms with van der Waals surface area (Å²) in [6, 6.07) is 13.4. The van der Waals surface area contributed by atoms with Gasteiger partial charge in [-0.2, -0.15) is 0 Å². The first-order valence-electron chi connectivity index (χ1n) is 8.54. The zero-order chi connectivity index (χ0) is 18.1. The minimum Gasteiger partial charge on any atom is -0.423 e. The Morgan fingerprint density at radius 3 is 2.46 bits per heavy atom. The molecule has 1 aromatic heterocycles. The Morgan fingerprint density at radius 2 is 1.73 bits per heavy atom. The first-order chi connectivity index (χ1) is 12.6. The number of nitrogens with zero attached hydrogens (tertiary/aromatic N) is 2. The van der Waals surface area contributed by atoms with E-state index in [1.807, 2.05) is 18.2 Å². The van der Waals surface area contributed by atoms with Crippen LogP contribution in [0.4, 0.5) is 10.1 Å². The van der Waals surface area contributed by atoms with Gasteiger partial charge >= 0.3 is 5.63 Å². The summed E-state index contributed by atoms with van der Waals surface area (Å²) in [6.07, 6.45) is 0. The molecule has 134 valence electrons. The van der Waals surface area contributed by atoms with Crippen molar-refractivity contribution in [3.63, 3.8) is 0 Å². The molecule has 0 N–H and O–H groups in total. The van der Waals surface area contributed by atoms with E-state index in [0.717, 1.165) is 42.8 Å². The van der Waals surface area contributed by atoms with Crippen LogP contribution < -0.4 is 10.5 Å². The van der Waals surface area contributed by atoms with Gasteiger partial charge in [0.15, 0.2) is 0 Å². The summed E-state index contributed by atoms with van der Waals surface area (Å²) in [6.45, 7) is 4.09. The normalized spacial score (nSPS) is 15.5. The molecule has 1 aliphatic rings. The van der Waals surface area contributed by atoms with E-state index < -0.39 is 0 Å².